The molecule has 3 nitrogen and oxygen atoms in total. The third-order valence-corrected chi connectivity index (χ3v) is 9.26. The van der Waals surface area contributed by atoms with Crippen molar-refractivity contribution in [1.29, 1.82) is 5.26 Å². The summed E-state index contributed by atoms with van der Waals surface area (Å²) in [4.78, 5) is 5.92. The third-order valence-electron chi connectivity index (χ3n) is 6.91. The molecule has 4 aromatic carbocycles. The molecule has 0 bridgehead atoms. The van der Waals surface area contributed by atoms with Gasteiger partial charge in [0.2, 0.25) is 0 Å². The van der Waals surface area contributed by atoms with Crippen LogP contribution in [0.15, 0.2) is 109 Å². The molecule has 0 aliphatic heterocycles. The standard InChI is InChI=1S/C34H23N3Se/c1-22-8-13-25(14-9-22)37(26-15-10-23(2)11-16-26)33-19-18-32(38-33)24-12-17-28-27-6-4-5-7-29(27)34(30(28)20-24)31(21-35)36-3/h4-20H,1-2H3/b34-31-. The van der Waals surface area contributed by atoms with Crippen LogP contribution in [0.3, 0.4) is 0 Å². The van der Waals surface area contributed by atoms with Crippen molar-refractivity contribution in [1.82, 2.24) is 0 Å². The van der Waals surface area contributed by atoms with Gasteiger partial charge >= 0.3 is 230 Å². The summed E-state index contributed by atoms with van der Waals surface area (Å²) in [6.07, 6.45) is 0. The summed E-state index contributed by atoms with van der Waals surface area (Å²) in [5, 5.41) is 9.72. The number of anilines is 3. The molecule has 0 saturated heterocycles. The first-order valence-corrected chi connectivity index (χ1v) is 14.1. The van der Waals surface area contributed by atoms with Gasteiger partial charge in [-0.3, -0.25) is 0 Å². The molecule has 0 unspecified atom stereocenters. The minimum absolute atomic E-state index is 0.0667. The average molecular weight is 553 g/mol. The van der Waals surface area contributed by atoms with Crippen molar-refractivity contribution in [2.24, 2.45) is 0 Å². The third kappa shape index (κ3) is 4.07. The van der Waals surface area contributed by atoms with E-state index in [4.69, 9.17) is 6.57 Å². The number of nitriles is 1. The van der Waals surface area contributed by atoms with Gasteiger partial charge in [0.25, 0.3) is 0 Å². The van der Waals surface area contributed by atoms with E-state index in [9.17, 15) is 5.26 Å². The molecule has 1 heterocycles. The van der Waals surface area contributed by atoms with Gasteiger partial charge in [-0.1, -0.05) is 0 Å². The molecular formula is C34H23N3Se. The van der Waals surface area contributed by atoms with Crippen LogP contribution in [0.2, 0.25) is 0 Å². The van der Waals surface area contributed by atoms with E-state index in [0.717, 1.165) is 44.8 Å². The Morgan fingerprint density at radius 3 is 1.95 bits per heavy atom. The molecule has 0 spiro atoms. The van der Waals surface area contributed by atoms with Crippen LogP contribution in [-0.4, -0.2) is 14.5 Å². The second-order valence-electron chi connectivity index (χ2n) is 9.40. The van der Waals surface area contributed by atoms with Crippen molar-refractivity contribution in [2.75, 3.05) is 4.90 Å². The first-order valence-electron chi connectivity index (χ1n) is 12.4. The van der Waals surface area contributed by atoms with Crippen molar-refractivity contribution < 1.29 is 0 Å². The van der Waals surface area contributed by atoms with Gasteiger partial charge in [-0.25, -0.2) is 0 Å². The van der Waals surface area contributed by atoms with Crippen LogP contribution in [0.25, 0.3) is 31.5 Å². The van der Waals surface area contributed by atoms with Crippen LogP contribution < -0.4 is 4.90 Å². The quantitative estimate of drug-likeness (QED) is 0.125. The minimum atomic E-state index is 0.0667. The summed E-state index contributed by atoms with van der Waals surface area (Å²) in [5.41, 5.74) is 10.9. The molecule has 6 rings (SSSR count). The Morgan fingerprint density at radius 1 is 0.737 bits per heavy atom. The molecule has 0 amide bonds. The van der Waals surface area contributed by atoms with E-state index in [1.54, 1.807) is 0 Å². The second kappa shape index (κ2) is 9.70. The van der Waals surface area contributed by atoms with Crippen LogP contribution >= 0.6 is 0 Å². The Balaban J connectivity index is 1.46. The van der Waals surface area contributed by atoms with E-state index in [2.05, 4.69) is 115 Å². The molecular weight excluding hydrogens is 529 g/mol. The van der Waals surface area contributed by atoms with Crippen molar-refractivity contribution in [2.45, 2.75) is 13.8 Å². The number of hydrogen-bond donors (Lipinski definition) is 0. The first kappa shape index (κ1) is 23.8. The fourth-order valence-electron chi connectivity index (χ4n) is 5.01. The van der Waals surface area contributed by atoms with E-state index in [1.165, 1.54) is 20.1 Å². The molecule has 38 heavy (non-hydrogen) atoms. The number of benzene rings is 4. The number of nitrogens with zero attached hydrogens (tertiary/aromatic N) is 3. The molecule has 0 saturated carbocycles. The fraction of sp³-hybridized carbons (Fsp3) is 0.0588. The zero-order valence-electron chi connectivity index (χ0n) is 21.1. The van der Waals surface area contributed by atoms with E-state index in [0.29, 0.717) is 0 Å². The van der Waals surface area contributed by atoms with E-state index < -0.39 is 0 Å². The van der Waals surface area contributed by atoms with E-state index >= 15 is 0 Å². The van der Waals surface area contributed by atoms with Gasteiger partial charge in [0.1, 0.15) is 0 Å². The van der Waals surface area contributed by atoms with Crippen LogP contribution in [0.1, 0.15) is 22.3 Å². The Morgan fingerprint density at radius 2 is 1.34 bits per heavy atom. The van der Waals surface area contributed by atoms with Crippen molar-refractivity contribution in [3.05, 3.63) is 142 Å². The summed E-state index contributed by atoms with van der Waals surface area (Å²) in [6.45, 7) is 11.8. The first-order chi connectivity index (χ1) is 18.6. The van der Waals surface area contributed by atoms with E-state index in [1.807, 2.05) is 18.2 Å². The Labute approximate surface area is 229 Å². The van der Waals surface area contributed by atoms with Gasteiger partial charge in [-0.05, 0) is 0 Å². The summed E-state index contributed by atoms with van der Waals surface area (Å²) in [5.74, 6) is 0. The normalized spacial score (nSPS) is 12.7. The van der Waals surface area contributed by atoms with Crippen molar-refractivity contribution in [3.8, 4) is 27.2 Å². The SMILES string of the molecule is [C-]#[N+]/C(C#N)=C1/c2ccccc2-c2ccc(-c3ccc(N(c4ccc(C)cc4)c4ccc(C)cc4)[se]3)cc21. The van der Waals surface area contributed by atoms with Gasteiger partial charge in [0, 0.05) is 0 Å². The molecule has 0 fully saturated rings. The molecule has 1 aromatic heterocycles. The van der Waals surface area contributed by atoms with Crippen molar-refractivity contribution in [3.63, 3.8) is 0 Å². The number of allylic oxidation sites excluding steroid dienone is 1. The zero-order valence-corrected chi connectivity index (χ0v) is 22.8. The van der Waals surface area contributed by atoms with Gasteiger partial charge in [0.15, 0.2) is 0 Å². The van der Waals surface area contributed by atoms with Crippen LogP contribution in [-0.2, 0) is 0 Å². The van der Waals surface area contributed by atoms with Crippen molar-refractivity contribution >= 4 is 36.0 Å². The van der Waals surface area contributed by atoms with Gasteiger partial charge in [-0.2, -0.15) is 0 Å². The summed E-state index contributed by atoms with van der Waals surface area (Å²) >= 11 is 0.0667. The molecule has 0 atom stereocenters. The molecule has 0 radical (unpaired) electrons. The zero-order chi connectivity index (χ0) is 26.2. The fourth-order valence-corrected chi connectivity index (χ4v) is 7.20. The summed E-state index contributed by atoms with van der Waals surface area (Å²) < 4.78 is 2.54. The molecule has 1 aliphatic rings. The molecule has 180 valence electrons. The topological polar surface area (TPSA) is 31.4 Å². The predicted molar refractivity (Wildman–Crippen MR) is 157 cm³/mol. The molecule has 4 heteroatoms. The van der Waals surface area contributed by atoms with Crippen LogP contribution in [0, 0.1) is 31.8 Å². The van der Waals surface area contributed by atoms with Gasteiger partial charge < -0.3 is 0 Å². The van der Waals surface area contributed by atoms with Crippen LogP contribution in [0.5, 0.6) is 0 Å². The Kier molecular flexibility index (Phi) is 6.07. The molecule has 5 aromatic rings. The Bertz CT molecular complexity index is 1730. The number of hydrogen-bond acceptors (Lipinski definition) is 2. The number of rotatable bonds is 4. The Hall–Kier alpha value is -4.60. The van der Waals surface area contributed by atoms with Gasteiger partial charge in [0.05, 0.1) is 0 Å². The van der Waals surface area contributed by atoms with Gasteiger partial charge in [-0.15, -0.1) is 0 Å². The maximum absolute atomic E-state index is 9.72. The maximum atomic E-state index is 9.72. The second-order valence-corrected chi connectivity index (χ2v) is 11.6. The summed E-state index contributed by atoms with van der Waals surface area (Å²) in [7, 11) is 0. The molecule has 1 aliphatic carbocycles. The summed E-state index contributed by atoms with van der Waals surface area (Å²) in [6, 6.07) is 38.5. The van der Waals surface area contributed by atoms with E-state index in [-0.39, 0.29) is 20.2 Å². The monoisotopic (exact) mass is 553 g/mol. The average Bonchev–Trinajstić information content (AvgIpc) is 3.55. The predicted octanol–water partition coefficient (Wildman–Crippen LogP) is 8.68. The number of aryl methyl sites for hydroxylation is 2. The number of fused-ring (bicyclic) bond motifs is 3. The molecule has 0 N–H and O–H groups in total. The van der Waals surface area contributed by atoms with Crippen LogP contribution in [0.4, 0.5) is 15.9 Å².